The van der Waals surface area contributed by atoms with Gasteiger partial charge in [0.15, 0.2) is 0 Å². The number of hydrogen-bond donors (Lipinski definition) is 2. The van der Waals surface area contributed by atoms with Gasteiger partial charge in [-0.05, 0) is 60.7 Å². The number of fused-ring (bicyclic) bond motifs is 2. The average Bonchev–Trinajstić information content (AvgIpc) is 3.70. The summed E-state index contributed by atoms with van der Waals surface area (Å²) in [5, 5.41) is 4.40. The van der Waals surface area contributed by atoms with E-state index < -0.39 is 83.0 Å². The molecule has 2 heterocycles. The van der Waals surface area contributed by atoms with Crippen molar-refractivity contribution in [1.29, 1.82) is 0 Å². The zero-order valence-corrected chi connectivity index (χ0v) is 46.5. The molecule has 0 aliphatic carbocycles. The summed E-state index contributed by atoms with van der Waals surface area (Å²) in [5.74, 6) is -2.50. The van der Waals surface area contributed by atoms with Gasteiger partial charge in [0.05, 0.1) is 51.9 Å². The number of nitrogens with zero attached hydrogens (tertiary/aromatic N) is 4. The molecule has 0 aliphatic rings. The second kappa shape index (κ2) is 26.2. The van der Waals surface area contributed by atoms with Gasteiger partial charge in [-0.25, -0.2) is 28.3 Å². The molecule has 24 nitrogen and oxygen atoms in total. The Hall–Kier alpha value is -2.06. The van der Waals surface area contributed by atoms with Crippen LogP contribution in [-0.4, -0.2) is 62.3 Å². The first-order chi connectivity index (χ1) is 29.0. The minimum absolute atomic E-state index is 0. The Morgan fingerprint density at radius 2 is 1.02 bits per heavy atom. The number of rotatable bonds is 14. The molecule has 0 aliphatic heterocycles. The van der Waals surface area contributed by atoms with Gasteiger partial charge >= 0.3 is 151 Å². The molecule has 0 bridgehead atoms. The molecule has 2 aromatic heterocycles. The van der Waals surface area contributed by atoms with E-state index in [0.29, 0.717) is 0 Å². The number of methoxy groups -OCH3 is 2. The molecule has 0 radical (unpaired) electrons. The quantitative estimate of drug-likeness (QED) is 0.0581. The molecule has 6 aromatic rings. The number of ether oxygens (including phenoxy) is 2. The number of phosphoric ester groups is 2. The van der Waals surface area contributed by atoms with E-state index in [2.05, 4.69) is 39.1 Å². The molecule has 0 spiro atoms. The Morgan fingerprint density at radius 1 is 0.606 bits per heavy atom. The first-order valence-corrected chi connectivity index (χ1v) is 22.1. The number of phosphoric acid groups is 2. The number of carbonyl (C=O) groups is 2. The zero-order chi connectivity index (χ0) is 45.6. The molecule has 6 rings (SSSR count). The number of benzene rings is 4. The molecule has 4 aromatic carbocycles. The maximum Gasteiger partial charge on any atom is 1.00 e. The van der Waals surface area contributed by atoms with E-state index in [4.69, 9.17) is 8.37 Å². The molecule has 0 saturated heterocycles. The summed E-state index contributed by atoms with van der Waals surface area (Å²) in [6, 6.07) is 15.7. The van der Waals surface area contributed by atoms with Gasteiger partial charge in [-0.15, -0.1) is 0 Å². The minimum Gasteiger partial charge on any atom is -0.790 e. The summed E-state index contributed by atoms with van der Waals surface area (Å²) >= 11 is 0. The van der Waals surface area contributed by atoms with Crippen molar-refractivity contribution in [1.82, 2.24) is 19.1 Å². The number of amides is 2. The van der Waals surface area contributed by atoms with Crippen LogP contribution in [0.4, 0.5) is 30.3 Å². The number of imidazole rings is 2. The van der Waals surface area contributed by atoms with Crippen LogP contribution in [0.1, 0.15) is 0 Å². The topological polar surface area (TPSA) is 344 Å². The second-order valence-electron chi connectivity index (χ2n) is 11.7. The SMILES string of the molecule is COC(=O)Nc1nc2cc(OS(=O)(=O)c3cccc(F)c3)ccc2n1COP(=O)([O-])[O-].COC(=O)Nc1nc2ccc(OS(=O)(=O)c3cccc(F)c3)cc2n1COP(=O)([O-])[O-].[Na+].[Na+].[Na+].[Na+]. The van der Waals surface area contributed by atoms with Gasteiger partial charge in [0.1, 0.15) is 46.4 Å². The molecule has 0 unspecified atom stereocenters. The summed E-state index contributed by atoms with van der Waals surface area (Å²) in [5.41, 5.74) is 0.424. The summed E-state index contributed by atoms with van der Waals surface area (Å²) in [4.78, 5) is 73.6. The fourth-order valence-electron chi connectivity index (χ4n) is 4.90. The third-order valence-electron chi connectivity index (χ3n) is 7.51. The third kappa shape index (κ3) is 17.7. The number of nitrogens with one attached hydrogen (secondary N) is 2. The molecule has 0 saturated carbocycles. The largest absolute Gasteiger partial charge is 1.00 e. The summed E-state index contributed by atoms with van der Waals surface area (Å²) in [7, 11) is -17.4. The van der Waals surface area contributed by atoms with E-state index in [1.54, 1.807) is 0 Å². The summed E-state index contributed by atoms with van der Waals surface area (Å²) in [6.07, 6.45) is -1.90. The van der Waals surface area contributed by atoms with Crippen molar-refractivity contribution in [2.45, 2.75) is 23.3 Å². The minimum atomic E-state index is -5.39. The fourth-order valence-corrected chi connectivity index (χ4v) is 7.33. The monoisotopic (exact) mass is 1040 g/mol. The molecule has 66 heavy (non-hydrogen) atoms. The van der Waals surface area contributed by atoms with Gasteiger partial charge in [0, 0.05) is 12.1 Å². The van der Waals surface area contributed by atoms with Crippen molar-refractivity contribution in [3.05, 3.63) is 96.6 Å². The Balaban J connectivity index is 0.000000622. The Labute approximate surface area is 460 Å². The summed E-state index contributed by atoms with van der Waals surface area (Å²) < 4.78 is 127. The first kappa shape index (κ1) is 62.0. The van der Waals surface area contributed by atoms with E-state index in [-0.39, 0.29) is 164 Å². The predicted octanol–water partition coefficient (Wildman–Crippen LogP) is -10.1. The summed E-state index contributed by atoms with van der Waals surface area (Å²) in [6.45, 7) is -1.69. The zero-order valence-electron chi connectivity index (χ0n) is 35.1. The number of aromatic nitrogens is 4. The smallest absolute Gasteiger partial charge is 0.790 e. The van der Waals surface area contributed by atoms with Crippen LogP contribution in [0.5, 0.6) is 11.5 Å². The number of halogens is 2. The first-order valence-electron chi connectivity index (χ1n) is 16.4. The van der Waals surface area contributed by atoms with Crippen molar-refractivity contribution in [3.8, 4) is 11.5 Å². The number of carbonyl (C=O) groups excluding carboxylic acids is 2. The predicted molar refractivity (Wildman–Crippen MR) is 197 cm³/mol. The van der Waals surface area contributed by atoms with E-state index in [1.165, 1.54) is 42.5 Å². The van der Waals surface area contributed by atoms with E-state index >= 15 is 0 Å². The van der Waals surface area contributed by atoms with Crippen LogP contribution in [0.25, 0.3) is 22.1 Å². The van der Waals surface area contributed by atoms with Crippen LogP contribution < -0.4 is 157 Å². The van der Waals surface area contributed by atoms with Gasteiger partial charge < -0.3 is 55.6 Å². The molecule has 2 amide bonds. The standard InChI is InChI=1S/2C16H15FN3O9PS.4Na/c1-27-16(21)19-15-18-13-8-11(5-6-14(13)20(15)9-28-30(22,23)24)29-31(25,26)12-4-2-3-10(17)7-12;1-27-16(21)19-15-18-13-6-5-11(8-14(13)20(15)9-28-30(22,23)24)29-31(25,26)12-4-2-3-10(17)7-12;;;;/h2*2-8H,9H2,1H3,(H,18,19,21)(H2,22,23,24);;;;/q;;4*+1/p-4. The molecule has 34 heteroatoms. The van der Waals surface area contributed by atoms with E-state index in [0.717, 1.165) is 65.8 Å². The Bertz CT molecular complexity index is 2980. The normalized spacial score (nSPS) is 11.3. The Kier molecular flexibility index (Phi) is 24.6. The second-order valence-corrected chi connectivity index (χ2v) is 17.1. The van der Waals surface area contributed by atoms with Crippen LogP contribution in [0.2, 0.25) is 0 Å². The molecule has 332 valence electrons. The van der Waals surface area contributed by atoms with Gasteiger partial charge in [-0.1, -0.05) is 12.1 Å². The van der Waals surface area contributed by atoms with E-state index in [1.807, 2.05) is 0 Å². The van der Waals surface area contributed by atoms with Gasteiger partial charge in [0.25, 0.3) is 0 Å². The molecule has 0 atom stereocenters. The fraction of sp³-hybridized carbons (Fsp3) is 0.125. The number of hydrogen-bond acceptors (Lipinski definition) is 20. The van der Waals surface area contributed by atoms with Crippen molar-refractivity contribution in [2.75, 3.05) is 24.9 Å². The molecular formula is C32H26F2N6Na4O18P2S2. The van der Waals surface area contributed by atoms with Crippen molar-refractivity contribution in [2.24, 2.45) is 0 Å². The maximum absolute atomic E-state index is 13.4. The van der Waals surface area contributed by atoms with Crippen LogP contribution in [0.15, 0.2) is 94.7 Å². The van der Waals surface area contributed by atoms with E-state index in [9.17, 15) is 63.9 Å². The van der Waals surface area contributed by atoms with Crippen molar-refractivity contribution < 1.29 is 209 Å². The van der Waals surface area contributed by atoms with Crippen LogP contribution >= 0.6 is 15.6 Å². The van der Waals surface area contributed by atoms with Gasteiger partial charge in [-0.2, -0.15) is 16.8 Å². The maximum atomic E-state index is 13.4. The van der Waals surface area contributed by atoms with Crippen molar-refractivity contribution >= 4 is 82.0 Å². The van der Waals surface area contributed by atoms with Gasteiger partial charge in [-0.3, -0.25) is 19.8 Å². The van der Waals surface area contributed by atoms with Crippen LogP contribution in [-0.2, 0) is 61.3 Å². The van der Waals surface area contributed by atoms with Crippen LogP contribution in [0.3, 0.4) is 0 Å². The third-order valence-corrected chi connectivity index (χ3v) is 10.9. The van der Waals surface area contributed by atoms with Crippen molar-refractivity contribution in [3.63, 3.8) is 0 Å². The average molecular weight is 1040 g/mol. The molecular weight excluding hydrogens is 1010 g/mol. The van der Waals surface area contributed by atoms with Gasteiger partial charge in [0.2, 0.25) is 11.9 Å². The Morgan fingerprint density at radius 3 is 1.44 bits per heavy atom. The van der Waals surface area contributed by atoms with Crippen LogP contribution in [0, 0.1) is 11.6 Å². The molecule has 0 fully saturated rings. The number of anilines is 2. The molecule has 2 N–H and O–H groups in total.